The molecule has 1 nitrogen and oxygen atoms in total. The Morgan fingerprint density at radius 3 is 1.06 bits per heavy atom. The topological polar surface area (TPSA) is 17.1 Å². The molecule has 34 heavy (non-hydrogen) atoms. The van der Waals surface area contributed by atoms with Gasteiger partial charge in [0.1, 0.15) is 0 Å². The molecule has 0 amide bonds. The highest BCUT2D eigenvalue weighted by atomic mass is 32.2. The average molecular weight is 483 g/mol. The van der Waals surface area contributed by atoms with Crippen molar-refractivity contribution in [3.63, 3.8) is 0 Å². The standard InChI is InChI=1S/C32H50OS/c1-3-5-7-9-11-13-15-17-19-29-21-25-31(26-22-29)34(33)32-27-23-30(24-28-32)20-18-16-14-12-10-8-6-4-2/h21-28H,3-20H2,1-2H3. The number of aryl methyl sites for hydroxylation is 2. The highest BCUT2D eigenvalue weighted by Gasteiger charge is 2.07. The molecule has 2 aromatic carbocycles. The summed E-state index contributed by atoms with van der Waals surface area (Å²) >= 11 is 0. The van der Waals surface area contributed by atoms with Crippen LogP contribution in [0.2, 0.25) is 0 Å². The molecule has 2 aromatic rings. The van der Waals surface area contributed by atoms with Gasteiger partial charge in [0.05, 0.1) is 10.8 Å². The SMILES string of the molecule is CCCCCCCCCCc1ccc(S(=O)c2ccc(CCCCCCCCCC)cc2)cc1. The summed E-state index contributed by atoms with van der Waals surface area (Å²) in [6.45, 7) is 4.55. The second kappa shape index (κ2) is 18.9. The van der Waals surface area contributed by atoms with Gasteiger partial charge in [0.15, 0.2) is 0 Å². The third-order valence-electron chi connectivity index (χ3n) is 6.91. The molecular formula is C32H50OS. The Morgan fingerprint density at radius 2 is 0.735 bits per heavy atom. The van der Waals surface area contributed by atoms with E-state index >= 15 is 0 Å². The molecule has 0 radical (unpaired) electrons. The summed E-state index contributed by atoms with van der Waals surface area (Å²) in [5.41, 5.74) is 2.74. The molecule has 0 aliphatic rings. The van der Waals surface area contributed by atoms with Crippen LogP contribution in [-0.4, -0.2) is 4.21 Å². The van der Waals surface area contributed by atoms with Gasteiger partial charge in [-0.25, -0.2) is 4.21 Å². The lowest BCUT2D eigenvalue weighted by Gasteiger charge is -2.07. The van der Waals surface area contributed by atoms with Crippen molar-refractivity contribution >= 4 is 10.8 Å². The quantitative estimate of drug-likeness (QED) is 0.171. The minimum Gasteiger partial charge on any atom is -0.249 e. The Morgan fingerprint density at radius 1 is 0.441 bits per heavy atom. The summed E-state index contributed by atoms with van der Waals surface area (Å²) in [5, 5.41) is 0. The van der Waals surface area contributed by atoms with Crippen molar-refractivity contribution in [2.24, 2.45) is 0 Å². The highest BCUT2D eigenvalue weighted by Crippen LogP contribution is 2.20. The fourth-order valence-electron chi connectivity index (χ4n) is 4.62. The van der Waals surface area contributed by atoms with Crippen molar-refractivity contribution in [1.82, 2.24) is 0 Å². The Hall–Kier alpha value is -1.41. The summed E-state index contributed by atoms with van der Waals surface area (Å²) in [7, 11) is -1.09. The van der Waals surface area contributed by atoms with Crippen LogP contribution in [0.1, 0.15) is 128 Å². The summed E-state index contributed by atoms with van der Waals surface area (Å²) in [6, 6.07) is 16.9. The summed E-state index contributed by atoms with van der Waals surface area (Å²) in [4.78, 5) is 1.82. The first-order valence-corrected chi connectivity index (χ1v) is 15.5. The van der Waals surface area contributed by atoms with Crippen LogP contribution in [0.5, 0.6) is 0 Å². The lowest BCUT2D eigenvalue weighted by atomic mass is 10.0. The maximum Gasteiger partial charge on any atom is 0.0849 e. The number of benzene rings is 2. The molecule has 0 spiro atoms. The van der Waals surface area contributed by atoms with Crippen LogP contribution in [0.3, 0.4) is 0 Å². The maximum absolute atomic E-state index is 13.0. The van der Waals surface area contributed by atoms with E-state index in [4.69, 9.17) is 0 Å². The van der Waals surface area contributed by atoms with Gasteiger partial charge < -0.3 is 0 Å². The summed E-state index contributed by atoms with van der Waals surface area (Å²) in [5.74, 6) is 0. The molecule has 2 heteroatoms. The lowest BCUT2D eigenvalue weighted by molar-refractivity contribution is 0.575. The van der Waals surface area contributed by atoms with Crippen molar-refractivity contribution in [2.45, 2.75) is 139 Å². The third kappa shape index (κ3) is 12.3. The van der Waals surface area contributed by atoms with E-state index in [9.17, 15) is 4.21 Å². The van der Waals surface area contributed by atoms with Crippen molar-refractivity contribution < 1.29 is 4.21 Å². The fourth-order valence-corrected chi connectivity index (χ4v) is 5.66. The Kier molecular flexibility index (Phi) is 16.0. The Balaban J connectivity index is 1.65. The molecule has 0 aliphatic heterocycles. The van der Waals surface area contributed by atoms with Crippen LogP contribution in [-0.2, 0) is 23.6 Å². The third-order valence-corrected chi connectivity index (χ3v) is 8.31. The second-order valence-corrected chi connectivity index (χ2v) is 11.5. The number of hydrogen-bond donors (Lipinski definition) is 0. The number of hydrogen-bond acceptors (Lipinski definition) is 1. The molecule has 0 N–H and O–H groups in total. The van der Waals surface area contributed by atoms with Gasteiger partial charge in [-0.1, -0.05) is 128 Å². The Bertz CT molecular complexity index is 697. The van der Waals surface area contributed by atoms with Crippen LogP contribution in [0.4, 0.5) is 0 Å². The van der Waals surface area contributed by atoms with Crippen molar-refractivity contribution in [1.29, 1.82) is 0 Å². The van der Waals surface area contributed by atoms with Crippen LogP contribution >= 0.6 is 0 Å². The molecule has 0 fully saturated rings. The molecule has 0 saturated carbocycles. The Labute approximate surface area is 213 Å². The van der Waals surface area contributed by atoms with Gasteiger partial charge in [-0.05, 0) is 61.1 Å². The van der Waals surface area contributed by atoms with Gasteiger partial charge in [0, 0.05) is 9.79 Å². The molecule has 0 aliphatic carbocycles. The number of unbranched alkanes of at least 4 members (excludes halogenated alkanes) is 14. The zero-order valence-corrected chi connectivity index (χ0v) is 23.0. The molecular weight excluding hydrogens is 432 g/mol. The molecule has 0 atom stereocenters. The molecule has 190 valence electrons. The number of rotatable bonds is 20. The summed E-state index contributed by atoms with van der Waals surface area (Å²) < 4.78 is 13.0. The van der Waals surface area contributed by atoms with Crippen LogP contribution < -0.4 is 0 Å². The zero-order valence-electron chi connectivity index (χ0n) is 22.2. The molecule has 0 bridgehead atoms. The average Bonchev–Trinajstić information content (AvgIpc) is 2.87. The minimum atomic E-state index is -1.09. The van der Waals surface area contributed by atoms with E-state index < -0.39 is 10.8 Å². The lowest BCUT2D eigenvalue weighted by Crippen LogP contribution is -1.95. The van der Waals surface area contributed by atoms with Gasteiger partial charge in [-0.2, -0.15) is 0 Å². The van der Waals surface area contributed by atoms with Crippen LogP contribution in [0, 0.1) is 0 Å². The van der Waals surface area contributed by atoms with Crippen molar-refractivity contribution in [3.8, 4) is 0 Å². The smallest absolute Gasteiger partial charge is 0.0849 e. The monoisotopic (exact) mass is 482 g/mol. The van der Waals surface area contributed by atoms with E-state index in [0.717, 1.165) is 22.6 Å². The minimum absolute atomic E-state index is 0.912. The fraction of sp³-hybridized carbons (Fsp3) is 0.625. The normalized spacial score (nSPS) is 11.4. The second-order valence-electron chi connectivity index (χ2n) is 10.0. The van der Waals surface area contributed by atoms with Crippen molar-refractivity contribution in [3.05, 3.63) is 59.7 Å². The molecule has 0 heterocycles. The van der Waals surface area contributed by atoms with E-state index in [1.165, 1.54) is 114 Å². The first-order chi connectivity index (χ1) is 16.7. The van der Waals surface area contributed by atoms with E-state index in [-0.39, 0.29) is 0 Å². The molecule has 0 unspecified atom stereocenters. The highest BCUT2D eigenvalue weighted by molar-refractivity contribution is 7.85. The van der Waals surface area contributed by atoms with Gasteiger partial charge in [-0.15, -0.1) is 0 Å². The van der Waals surface area contributed by atoms with Gasteiger partial charge in [0.25, 0.3) is 0 Å². The predicted molar refractivity (Wildman–Crippen MR) is 150 cm³/mol. The molecule has 0 aromatic heterocycles. The summed E-state index contributed by atoms with van der Waals surface area (Å²) in [6.07, 6.45) is 23.9. The molecule has 2 rings (SSSR count). The van der Waals surface area contributed by atoms with Gasteiger partial charge in [0.2, 0.25) is 0 Å². The van der Waals surface area contributed by atoms with E-state index in [1.807, 2.05) is 0 Å². The predicted octanol–water partition coefficient (Wildman–Crippen LogP) is 10.2. The molecule has 0 saturated heterocycles. The zero-order chi connectivity index (χ0) is 24.3. The van der Waals surface area contributed by atoms with E-state index in [0.29, 0.717) is 0 Å². The van der Waals surface area contributed by atoms with Crippen molar-refractivity contribution in [2.75, 3.05) is 0 Å². The largest absolute Gasteiger partial charge is 0.249 e. The van der Waals surface area contributed by atoms with E-state index in [1.54, 1.807) is 0 Å². The van der Waals surface area contributed by atoms with E-state index in [2.05, 4.69) is 62.4 Å². The van der Waals surface area contributed by atoms with Gasteiger partial charge in [-0.3, -0.25) is 0 Å². The first kappa shape index (κ1) is 28.8. The van der Waals surface area contributed by atoms with Crippen LogP contribution in [0.15, 0.2) is 58.3 Å². The van der Waals surface area contributed by atoms with Crippen LogP contribution in [0.25, 0.3) is 0 Å². The first-order valence-electron chi connectivity index (χ1n) is 14.3. The van der Waals surface area contributed by atoms with Gasteiger partial charge >= 0.3 is 0 Å². The maximum atomic E-state index is 13.0.